The smallest absolute Gasteiger partial charge is 0.241 e. The monoisotopic (exact) mass is 370 g/mol. The van der Waals surface area contributed by atoms with Crippen molar-refractivity contribution in [2.24, 2.45) is 5.92 Å². The number of carbonyl (C=O) groups is 1. The van der Waals surface area contributed by atoms with Gasteiger partial charge in [-0.2, -0.15) is 4.72 Å². The van der Waals surface area contributed by atoms with Crippen LogP contribution in [0.25, 0.3) is 0 Å². The lowest BCUT2D eigenvalue weighted by molar-refractivity contribution is -0.130. The number of amides is 1. The van der Waals surface area contributed by atoms with Gasteiger partial charge in [0.05, 0.1) is 17.5 Å². The average molecular weight is 370 g/mol. The minimum Gasteiger partial charge on any atom is -0.354 e. The first-order valence-corrected chi connectivity index (χ1v) is 9.84. The third-order valence-corrected chi connectivity index (χ3v) is 5.46. The van der Waals surface area contributed by atoms with Gasteiger partial charge in [-0.15, -0.1) is 0 Å². The summed E-state index contributed by atoms with van der Waals surface area (Å²) >= 11 is 0. The molecule has 7 nitrogen and oxygen atoms in total. The molecule has 2 rings (SSSR count). The van der Waals surface area contributed by atoms with Crippen LogP contribution in [0.2, 0.25) is 0 Å². The van der Waals surface area contributed by atoms with E-state index in [9.17, 15) is 13.2 Å². The minimum atomic E-state index is -3.78. The van der Waals surface area contributed by atoms with Crippen LogP contribution in [0.3, 0.4) is 0 Å². The molecule has 1 fully saturated rings. The van der Waals surface area contributed by atoms with E-state index < -0.39 is 22.4 Å². The van der Waals surface area contributed by atoms with E-state index in [1.165, 1.54) is 19.2 Å². The summed E-state index contributed by atoms with van der Waals surface area (Å²) in [4.78, 5) is 12.8. The van der Waals surface area contributed by atoms with Crippen molar-refractivity contribution in [1.29, 1.82) is 0 Å². The standard InChI is InChI=1S/C17H26N2O5S/c1-12(2)11-15(16(20)18-14-9-10-24-17(14)23-3)19-25(21,22)13-7-5-4-6-8-13/h4-8,12,14-15,17,19H,9-11H2,1-3H3,(H,18,20)/t14-,15?,17?/m0/s1. The van der Waals surface area contributed by atoms with Gasteiger partial charge in [0.2, 0.25) is 15.9 Å². The molecule has 140 valence electrons. The molecule has 3 atom stereocenters. The number of methoxy groups -OCH3 is 1. The summed E-state index contributed by atoms with van der Waals surface area (Å²) in [7, 11) is -2.26. The van der Waals surface area contributed by atoms with Gasteiger partial charge in [0, 0.05) is 7.11 Å². The topological polar surface area (TPSA) is 93.7 Å². The Kier molecular flexibility index (Phi) is 6.95. The van der Waals surface area contributed by atoms with Crippen molar-refractivity contribution in [3.8, 4) is 0 Å². The second kappa shape index (κ2) is 8.75. The Bertz CT molecular complexity index is 663. The van der Waals surface area contributed by atoms with Crippen LogP contribution in [0.4, 0.5) is 0 Å². The predicted molar refractivity (Wildman–Crippen MR) is 93.3 cm³/mol. The molecular weight excluding hydrogens is 344 g/mol. The Morgan fingerprint density at radius 3 is 2.60 bits per heavy atom. The molecule has 0 radical (unpaired) electrons. The Morgan fingerprint density at radius 2 is 2.00 bits per heavy atom. The summed E-state index contributed by atoms with van der Waals surface area (Å²) in [6.45, 7) is 4.37. The summed E-state index contributed by atoms with van der Waals surface area (Å²) in [5, 5.41) is 2.84. The van der Waals surface area contributed by atoms with Crippen molar-refractivity contribution in [2.75, 3.05) is 13.7 Å². The van der Waals surface area contributed by atoms with Crippen LogP contribution >= 0.6 is 0 Å². The highest BCUT2D eigenvalue weighted by molar-refractivity contribution is 7.89. The Balaban J connectivity index is 2.11. The first-order valence-electron chi connectivity index (χ1n) is 8.35. The Labute approximate surface area is 149 Å². The molecule has 0 saturated carbocycles. The number of ether oxygens (including phenoxy) is 2. The number of benzene rings is 1. The van der Waals surface area contributed by atoms with E-state index in [2.05, 4.69) is 10.0 Å². The first-order chi connectivity index (χ1) is 11.8. The number of hydrogen-bond donors (Lipinski definition) is 2. The molecule has 8 heteroatoms. The molecule has 1 aliphatic rings. The number of nitrogens with one attached hydrogen (secondary N) is 2. The highest BCUT2D eigenvalue weighted by atomic mass is 32.2. The van der Waals surface area contributed by atoms with Crippen LogP contribution in [0.5, 0.6) is 0 Å². The SMILES string of the molecule is COC1OCC[C@@H]1NC(=O)C(CC(C)C)NS(=O)(=O)c1ccccc1. The lowest BCUT2D eigenvalue weighted by Crippen LogP contribution is -2.52. The molecule has 1 heterocycles. The second-order valence-corrected chi connectivity index (χ2v) is 8.21. The van der Waals surface area contributed by atoms with Gasteiger partial charge in [0.15, 0.2) is 6.29 Å². The van der Waals surface area contributed by atoms with Crippen molar-refractivity contribution in [3.05, 3.63) is 30.3 Å². The average Bonchev–Trinajstić information content (AvgIpc) is 3.01. The fourth-order valence-electron chi connectivity index (χ4n) is 2.75. The maximum atomic E-state index is 12.7. The van der Waals surface area contributed by atoms with Gasteiger partial charge in [-0.3, -0.25) is 4.79 Å². The van der Waals surface area contributed by atoms with Crippen LogP contribution in [0, 0.1) is 5.92 Å². The zero-order chi connectivity index (χ0) is 18.4. The molecule has 2 N–H and O–H groups in total. The molecule has 0 spiro atoms. The van der Waals surface area contributed by atoms with Gasteiger partial charge >= 0.3 is 0 Å². The summed E-state index contributed by atoms with van der Waals surface area (Å²) in [5.41, 5.74) is 0. The van der Waals surface area contributed by atoms with Gasteiger partial charge in [0.25, 0.3) is 0 Å². The molecule has 0 aliphatic carbocycles. The first kappa shape index (κ1) is 19.8. The van der Waals surface area contributed by atoms with Crippen molar-refractivity contribution in [1.82, 2.24) is 10.0 Å². The lowest BCUT2D eigenvalue weighted by Gasteiger charge is -2.24. The fraction of sp³-hybridized carbons (Fsp3) is 0.588. The van der Waals surface area contributed by atoms with E-state index in [1.54, 1.807) is 18.2 Å². The van der Waals surface area contributed by atoms with Gasteiger partial charge in [-0.25, -0.2) is 8.42 Å². The van der Waals surface area contributed by atoms with Crippen LogP contribution < -0.4 is 10.0 Å². The van der Waals surface area contributed by atoms with E-state index in [0.29, 0.717) is 19.4 Å². The third-order valence-electron chi connectivity index (χ3n) is 3.97. The number of carbonyl (C=O) groups excluding carboxylic acids is 1. The van der Waals surface area contributed by atoms with Crippen LogP contribution in [0.1, 0.15) is 26.7 Å². The van der Waals surface area contributed by atoms with Crippen LogP contribution in [-0.2, 0) is 24.3 Å². The highest BCUT2D eigenvalue weighted by Crippen LogP contribution is 2.16. The second-order valence-electron chi connectivity index (χ2n) is 6.50. The maximum absolute atomic E-state index is 12.7. The predicted octanol–water partition coefficient (Wildman–Crippen LogP) is 1.26. The fourth-order valence-corrected chi connectivity index (χ4v) is 3.98. The summed E-state index contributed by atoms with van der Waals surface area (Å²) in [5.74, 6) is -0.224. The molecule has 1 aliphatic heterocycles. The maximum Gasteiger partial charge on any atom is 0.241 e. The van der Waals surface area contributed by atoms with Gasteiger partial charge in [-0.1, -0.05) is 32.0 Å². The van der Waals surface area contributed by atoms with E-state index >= 15 is 0 Å². The lowest BCUT2D eigenvalue weighted by atomic mass is 10.0. The zero-order valence-electron chi connectivity index (χ0n) is 14.8. The number of sulfonamides is 1. The van der Waals surface area contributed by atoms with Crippen molar-refractivity contribution < 1.29 is 22.7 Å². The quantitative estimate of drug-likeness (QED) is 0.718. The molecule has 1 aromatic carbocycles. The van der Waals surface area contributed by atoms with Crippen molar-refractivity contribution in [2.45, 2.75) is 50.0 Å². The molecule has 0 bridgehead atoms. The molecule has 1 saturated heterocycles. The van der Waals surface area contributed by atoms with Crippen LogP contribution in [0.15, 0.2) is 35.2 Å². The van der Waals surface area contributed by atoms with E-state index in [-0.39, 0.29) is 22.8 Å². The van der Waals surface area contributed by atoms with E-state index in [0.717, 1.165) is 0 Å². The van der Waals surface area contributed by atoms with E-state index in [1.807, 2.05) is 13.8 Å². The van der Waals surface area contributed by atoms with Crippen molar-refractivity contribution in [3.63, 3.8) is 0 Å². The zero-order valence-corrected chi connectivity index (χ0v) is 15.6. The number of rotatable bonds is 8. The summed E-state index contributed by atoms with van der Waals surface area (Å²) in [6, 6.07) is 6.88. The molecule has 2 unspecified atom stereocenters. The molecular formula is C17H26N2O5S. The van der Waals surface area contributed by atoms with Crippen molar-refractivity contribution >= 4 is 15.9 Å². The summed E-state index contributed by atoms with van der Waals surface area (Å²) in [6.07, 6.45) is 0.516. The van der Waals surface area contributed by atoms with E-state index in [4.69, 9.17) is 9.47 Å². The van der Waals surface area contributed by atoms with Gasteiger partial charge in [-0.05, 0) is 30.9 Å². The molecule has 1 aromatic rings. The largest absolute Gasteiger partial charge is 0.354 e. The Hall–Kier alpha value is -1.48. The van der Waals surface area contributed by atoms with Gasteiger partial charge in [0.1, 0.15) is 6.04 Å². The summed E-state index contributed by atoms with van der Waals surface area (Å²) < 4.78 is 38.2. The molecule has 0 aromatic heterocycles. The van der Waals surface area contributed by atoms with Gasteiger partial charge < -0.3 is 14.8 Å². The normalized spacial score (nSPS) is 22.1. The third kappa shape index (κ3) is 5.50. The highest BCUT2D eigenvalue weighted by Gasteiger charge is 2.33. The Morgan fingerprint density at radius 1 is 1.32 bits per heavy atom. The van der Waals surface area contributed by atoms with Crippen LogP contribution in [-0.4, -0.2) is 46.4 Å². The molecule has 25 heavy (non-hydrogen) atoms. The minimum absolute atomic E-state index is 0.135. The number of hydrogen-bond acceptors (Lipinski definition) is 5. The molecule has 1 amide bonds.